The highest BCUT2D eigenvalue weighted by atomic mass is 19.4. The molecule has 2 aromatic rings. The summed E-state index contributed by atoms with van der Waals surface area (Å²) in [7, 11) is 0. The highest BCUT2D eigenvalue weighted by molar-refractivity contribution is 5.80. The van der Waals surface area contributed by atoms with E-state index >= 15 is 0 Å². The molecule has 0 saturated heterocycles. The van der Waals surface area contributed by atoms with Crippen LogP contribution >= 0.6 is 0 Å². The van der Waals surface area contributed by atoms with E-state index in [1.807, 2.05) is 0 Å². The maximum absolute atomic E-state index is 12.9. The van der Waals surface area contributed by atoms with Gasteiger partial charge < -0.3 is 5.11 Å². The minimum atomic E-state index is -5.04. The minimum Gasteiger partial charge on any atom is -0.362 e. The number of carbonyl (C=O) groups excluding carboxylic acids is 1. The summed E-state index contributed by atoms with van der Waals surface area (Å²) < 4.78 is 38.8. The summed E-state index contributed by atoms with van der Waals surface area (Å²) in [6.07, 6.45) is -5.04. The molecule has 1 N–H and O–H groups in total. The van der Waals surface area contributed by atoms with Gasteiger partial charge in [-0.25, -0.2) is 0 Å². The van der Waals surface area contributed by atoms with E-state index < -0.39 is 30.8 Å². The first-order valence-electron chi connectivity index (χ1n) is 6.79. The van der Waals surface area contributed by atoms with Gasteiger partial charge in [-0.05, 0) is 5.21 Å². The van der Waals surface area contributed by atoms with Crippen LogP contribution in [-0.4, -0.2) is 54.3 Å². The fourth-order valence-corrected chi connectivity index (χ4v) is 2.14. The van der Waals surface area contributed by atoms with Crippen LogP contribution in [0.3, 0.4) is 0 Å². The number of alkyl halides is 3. The zero-order chi connectivity index (χ0) is 17.4. The molecule has 0 spiro atoms. The van der Waals surface area contributed by atoms with E-state index in [2.05, 4.69) is 20.5 Å². The first-order valence-corrected chi connectivity index (χ1v) is 6.79. The molecule has 11 heteroatoms. The van der Waals surface area contributed by atoms with Crippen molar-refractivity contribution in [3.05, 3.63) is 30.3 Å². The Morgan fingerprint density at radius 3 is 2.67 bits per heavy atom. The van der Waals surface area contributed by atoms with Gasteiger partial charge in [0.05, 0.1) is 0 Å². The van der Waals surface area contributed by atoms with E-state index in [9.17, 15) is 23.1 Å². The average molecular weight is 340 g/mol. The van der Waals surface area contributed by atoms with E-state index in [0.717, 1.165) is 11.0 Å². The number of hydrogen-bond donors (Lipinski definition) is 1. The van der Waals surface area contributed by atoms with E-state index in [0.29, 0.717) is 5.56 Å². The fourth-order valence-electron chi connectivity index (χ4n) is 2.14. The van der Waals surface area contributed by atoms with Crippen molar-refractivity contribution in [2.24, 2.45) is 5.10 Å². The molecule has 126 valence electrons. The summed E-state index contributed by atoms with van der Waals surface area (Å²) in [5.74, 6) is -0.889. The molecular formula is C13H11F3N6O2. The Morgan fingerprint density at radius 1 is 1.29 bits per heavy atom. The number of rotatable bonds is 3. The molecule has 1 atom stereocenters. The zero-order valence-electron chi connectivity index (χ0n) is 12.1. The molecule has 1 aliphatic rings. The fraction of sp³-hybridized carbons (Fsp3) is 0.308. The van der Waals surface area contributed by atoms with E-state index in [1.165, 1.54) is 0 Å². The third kappa shape index (κ3) is 2.73. The third-order valence-electron chi connectivity index (χ3n) is 3.38. The second-order valence-corrected chi connectivity index (χ2v) is 5.03. The Balaban J connectivity index is 1.76. The van der Waals surface area contributed by atoms with Crippen LogP contribution in [0.25, 0.3) is 11.4 Å². The zero-order valence-corrected chi connectivity index (χ0v) is 12.1. The van der Waals surface area contributed by atoms with Crippen LogP contribution in [0, 0.1) is 0 Å². The molecule has 1 amide bonds. The number of hydrogen-bond acceptors (Lipinski definition) is 6. The highest BCUT2D eigenvalue weighted by Gasteiger charge is 2.61. The van der Waals surface area contributed by atoms with Crippen LogP contribution in [0.1, 0.15) is 6.42 Å². The summed E-state index contributed by atoms with van der Waals surface area (Å²) in [6, 6.07) is 8.74. The smallest absolute Gasteiger partial charge is 0.362 e. The molecule has 3 rings (SSSR count). The van der Waals surface area contributed by atoms with Gasteiger partial charge in [-0.15, -0.1) is 10.2 Å². The number of aromatic nitrogens is 4. The average Bonchev–Trinajstić information content (AvgIpc) is 3.15. The predicted molar refractivity (Wildman–Crippen MR) is 74.2 cm³/mol. The molecule has 8 nitrogen and oxygen atoms in total. The quantitative estimate of drug-likeness (QED) is 0.892. The van der Waals surface area contributed by atoms with E-state index in [-0.39, 0.29) is 10.8 Å². The number of nitrogens with zero attached hydrogens (tertiary/aromatic N) is 6. The van der Waals surface area contributed by atoms with Crippen molar-refractivity contribution in [1.29, 1.82) is 0 Å². The van der Waals surface area contributed by atoms with Crippen LogP contribution in [0.2, 0.25) is 0 Å². The summed E-state index contributed by atoms with van der Waals surface area (Å²) in [5.41, 5.74) is -2.71. The van der Waals surface area contributed by atoms with Crippen molar-refractivity contribution >= 4 is 12.1 Å². The molecular weight excluding hydrogens is 329 g/mol. The lowest BCUT2D eigenvalue weighted by molar-refractivity contribution is -0.302. The maximum Gasteiger partial charge on any atom is 0.438 e. The van der Waals surface area contributed by atoms with Crippen molar-refractivity contribution < 1.29 is 23.1 Å². The Morgan fingerprint density at radius 2 is 2.00 bits per heavy atom. The van der Waals surface area contributed by atoms with Gasteiger partial charge in [-0.1, -0.05) is 30.3 Å². The topological polar surface area (TPSA) is 96.5 Å². The first-order chi connectivity index (χ1) is 11.3. The predicted octanol–water partition coefficient (Wildman–Crippen LogP) is 0.809. The molecule has 2 heterocycles. The number of carbonyl (C=O) groups is 1. The Labute approximate surface area is 133 Å². The number of aliphatic hydroxyl groups is 1. The largest absolute Gasteiger partial charge is 0.438 e. The van der Waals surface area contributed by atoms with Crippen molar-refractivity contribution in [3.8, 4) is 11.4 Å². The minimum absolute atomic E-state index is 0.00144. The molecule has 1 aromatic carbocycles. The van der Waals surface area contributed by atoms with Gasteiger partial charge in [0.1, 0.15) is 6.54 Å². The van der Waals surface area contributed by atoms with Crippen LogP contribution < -0.4 is 0 Å². The normalized spacial score (nSPS) is 20.6. The van der Waals surface area contributed by atoms with Crippen molar-refractivity contribution in [1.82, 2.24) is 25.2 Å². The Bertz CT molecular complexity index is 776. The van der Waals surface area contributed by atoms with Gasteiger partial charge in [0.2, 0.25) is 5.82 Å². The molecule has 0 aliphatic carbocycles. The van der Waals surface area contributed by atoms with E-state index in [1.54, 1.807) is 30.3 Å². The highest BCUT2D eigenvalue weighted by Crippen LogP contribution is 2.38. The van der Waals surface area contributed by atoms with Crippen molar-refractivity contribution in [2.45, 2.75) is 24.9 Å². The van der Waals surface area contributed by atoms with Crippen LogP contribution in [0.5, 0.6) is 0 Å². The molecule has 0 bridgehead atoms. The second-order valence-electron chi connectivity index (χ2n) is 5.03. The molecule has 0 saturated carbocycles. The molecule has 1 aromatic heterocycles. The van der Waals surface area contributed by atoms with Crippen LogP contribution in [0.4, 0.5) is 13.2 Å². The SMILES string of the molecule is O=C(Cn1nnc(-c2ccccc2)n1)N1N=CC[C@]1(O)C(F)(F)F. The first kappa shape index (κ1) is 16.1. The number of amides is 1. The van der Waals surface area contributed by atoms with Gasteiger partial charge in [-0.3, -0.25) is 4.79 Å². The number of hydrazone groups is 1. The second kappa shape index (κ2) is 5.67. The summed E-state index contributed by atoms with van der Waals surface area (Å²) in [5, 5.41) is 24.3. The standard InChI is InChI=1S/C13H11F3N6O2/c14-13(15,16)12(24)6-7-17-22(12)10(23)8-21-19-11(18-20-21)9-4-2-1-3-5-9/h1-5,7,24H,6,8H2/t12-/m0/s1. The van der Waals surface area contributed by atoms with Crippen molar-refractivity contribution in [3.63, 3.8) is 0 Å². The van der Waals surface area contributed by atoms with Gasteiger partial charge in [-0.2, -0.15) is 28.1 Å². The third-order valence-corrected chi connectivity index (χ3v) is 3.38. The molecule has 1 aliphatic heterocycles. The summed E-state index contributed by atoms with van der Waals surface area (Å²) in [4.78, 5) is 12.9. The van der Waals surface area contributed by atoms with Gasteiger partial charge in [0.25, 0.3) is 11.6 Å². The number of benzene rings is 1. The van der Waals surface area contributed by atoms with Crippen LogP contribution in [0.15, 0.2) is 35.4 Å². The van der Waals surface area contributed by atoms with Gasteiger partial charge >= 0.3 is 6.18 Å². The number of tetrazole rings is 1. The van der Waals surface area contributed by atoms with Gasteiger partial charge in [0.15, 0.2) is 0 Å². The Hall–Kier alpha value is -2.82. The Kier molecular flexibility index (Phi) is 3.79. The molecule has 0 unspecified atom stereocenters. The molecule has 24 heavy (non-hydrogen) atoms. The lowest BCUT2D eigenvalue weighted by Gasteiger charge is -2.32. The van der Waals surface area contributed by atoms with Gasteiger partial charge in [0, 0.05) is 18.2 Å². The lowest BCUT2D eigenvalue weighted by atomic mass is 10.1. The molecule has 0 radical (unpaired) electrons. The van der Waals surface area contributed by atoms with Crippen molar-refractivity contribution in [2.75, 3.05) is 0 Å². The monoisotopic (exact) mass is 340 g/mol. The maximum atomic E-state index is 12.9. The summed E-state index contributed by atoms with van der Waals surface area (Å²) in [6.45, 7) is -0.643. The van der Waals surface area contributed by atoms with Crippen LogP contribution in [-0.2, 0) is 11.3 Å². The van der Waals surface area contributed by atoms with E-state index in [4.69, 9.17) is 0 Å². The summed E-state index contributed by atoms with van der Waals surface area (Å²) >= 11 is 0. The molecule has 0 fully saturated rings. The lowest BCUT2D eigenvalue weighted by Crippen LogP contribution is -2.57. The number of halogens is 3.